The number of rotatable bonds is 2. The summed E-state index contributed by atoms with van der Waals surface area (Å²) in [5.74, 6) is -0.366. The third kappa shape index (κ3) is 8.36. The standard InChI is InChI=1S/C9H8IN2O2.BF4/c1-2-14-9(13)6-3-4-8(12-11)7(10)5-6;2-1(3,4)5/h3-5H,2H2,1H3;/q+1;-1. The minimum absolute atomic E-state index is 0.349. The van der Waals surface area contributed by atoms with Crippen LogP contribution in [-0.4, -0.2) is 19.8 Å². The molecule has 0 aliphatic carbocycles. The van der Waals surface area contributed by atoms with E-state index in [9.17, 15) is 22.1 Å². The summed E-state index contributed by atoms with van der Waals surface area (Å²) >= 11 is 1.99. The second-order valence-electron chi connectivity index (χ2n) is 2.98. The first-order valence-corrected chi connectivity index (χ1v) is 5.96. The zero-order valence-electron chi connectivity index (χ0n) is 9.62. The van der Waals surface area contributed by atoms with Crippen molar-refractivity contribution >= 4 is 41.5 Å². The Morgan fingerprint density at radius 3 is 2.32 bits per heavy atom. The molecule has 0 aliphatic rings. The van der Waals surface area contributed by atoms with Crippen molar-refractivity contribution in [1.29, 1.82) is 5.39 Å². The highest BCUT2D eigenvalue weighted by molar-refractivity contribution is 14.1. The first kappa shape index (κ1) is 17.6. The third-order valence-electron chi connectivity index (χ3n) is 1.57. The fourth-order valence-corrected chi connectivity index (χ4v) is 1.55. The Morgan fingerprint density at radius 1 is 1.42 bits per heavy atom. The Hall–Kier alpha value is -1.38. The number of benzene rings is 1. The molecule has 0 atom stereocenters. The summed E-state index contributed by atoms with van der Waals surface area (Å²) in [6.07, 6.45) is 0. The molecule has 1 aromatic carbocycles. The number of nitrogens with zero attached hydrogens (tertiary/aromatic N) is 2. The molecule has 1 rings (SSSR count). The molecule has 19 heavy (non-hydrogen) atoms. The molecule has 1 aromatic rings. The van der Waals surface area contributed by atoms with Gasteiger partial charge in [0, 0.05) is 6.07 Å². The van der Waals surface area contributed by atoms with Gasteiger partial charge in [-0.05, 0) is 41.6 Å². The zero-order chi connectivity index (χ0) is 15.1. The van der Waals surface area contributed by atoms with Crippen LogP contribution >= 0.6 is 22.6 Å². The van der Waals surface area contributed by atoms with E-state index in [1.54, 1.807) is 25.1 Å². The first-order valence-electron chi connectivity index (χ1n) is 4.88. The Kier molecular flexibility index (Phi) is 7.36. The van der Waals surface area contributed by atoms with E-state index in [1.807, 2.05) is 22.6 Å². The van der Waals surface area contributed by atoms with Gasteiger partial charge >= 0.3 is 18.9 Å². The van der Waals surface area contributed by atoms with Crippen LogP contribution in [0.1, 0.15) is 17.3 Å². The summed E-state index contributed by atoms with van der Waals surface area (Å²) < 4.78 is 44.5. The highest BCUT2D eigenvalue weighted by atomic mass is 127. The maximum atomic E-state index is 11.3. The smallest absolute Gasteiger partial charge is 0.462 e. The molecule has 0 aliphatic heterocycles. The molecule has 0 fully saturated rings. The third-order valence-corrected chi connectivity index (χ3v) is 2.43. The SMILES string of the molecule is CCOC(=O)c1ccc([N+]#N)c(I)c1.F[B-](F)(F)F. The van der Waals surface area contributed by atoms with E-state index >= 15 is 0 Å². The quantitative estimate of drug-likeness (QED) is 0.250. The van der Waals surface area contributed by atoms with Crippen molar-refractivity contribution in [3.63, 3.8) is 0 Å². The van der Waals surface area contributed by atoms with Crippen molar-refractivity contribution in [1.82, 2.24) is 0 Å². The van der Waals surface area contributed by atoms with Gasteiger partial charge in [-0.3, -0.25) is 0 Å². The number of hydrogen-bond donors (Lipinski definition) is 0. The second kappa shape index (κ2) is 7.93. The predicted octanol–water partition coefficient (Wildman–Crippen LogP) is 4.25. The lowest BCUT2D eigenvalue weighted by Gasteiger charge is -2.00. The van der Waals surface area contributed by atoms with Crippen molar-refractivity contribution < 1.29 is 26.8 Å². The van der Waals surface area contributed by atoms with E-state index in [0.717, 1.165) is 0 Å². The Bertz CT molecular complexity index is 484. The monoisotopic (exact) mass is 390 g/mol. The summed E-state index contributed by atoms with van der Waals surface area (Å²) in [5.41, 5.74) is 0.905. The summed E-state index contributed by atoms with van der Waals surface area (Å²) in [7, 11) is -6.00. The van der Waals surface area contributed by atoms with Gasteiger partial charge in [-0.15, -0.1) is 0 Å². The Balaban J connectivity index is 0.000000555. The molecular weight excluding hydrogens is 382 g/mol. The van der Waals surface area contributed by atoms with Gasteiger partial charge in [0.15, 0.2) is 4.98 Å². The van der Waals surface area contributed by atoms with E-state index < -0.39 is 7.25 Å². The van der Waals surface area contributed by atoms with E-state index in [1.165, 1.54) is 0 Å². The molecule has 104 valence electrons. The van der Waals surface area contributed by atoms with Crippen LogP contribution in [0.15, 0.2) is 18.2 Å². The molecule has 0 unspecified atom stereocenters. The number of hydrogen-bond acceptors (Lipinski definition) is 3. The molecule has 0 amide bonds. The van der Waals surface area contributed by atoms with E-state index in [-0.39, 0.29) is 5.97 Å². The van der Waals surface area contributed by atoms with Crippen LogP contribution in [0.25, 0.3) is 4.98 Å². The van der Waals surface area contributed by atoms with Crippen LogP contribution in [0, 0.1) is 8.96 Å². The zero-order valence-corrected chi connectivity index (χ0v) is 11.8. The first-order chi connectivity index (χ1) is 8.69. The average molecular weight is 390 g/mol. The van der Waals surface area contributed by atoms with Gasteiger partial charge in [0.05, 0.1) is 12.2 Å². The lowest BCUT2D eigenvalue weighted by Crippen LogP contribution is -2.04. The van der Waals surface area contributed by atoms with Gasteiger partial charge in [-0.25, -0.2) is 4.79 Å². The van der Waals surface area contributed by atoms with Crippen molar-refractivity contribution in [2.24, 2.45) is 0 Å². The number of carbonyl (C=O) groups is 1. The molecule has 0 heterocycles. The summed E-state index contributed by atoms with van der Waals surface area (Å²) in [5, 5.41) is 8.56. The molecule has 0 aromatic heterocycles. The Morgan fingerprint density at radius 2 is 1.95 bits per heavy atom. The Labute approximate surface area is 120 Å². The average Bonchev–Trinajstić information content (AvgIpc) is 2.27. The van der Waals surface area contributed by atoms with Crippen LogP contribution < -0.4 is 0 Å². The maximum absolute atomic E-state index is 11.3. The molecule has 0 radical (unpaired) electrons. The number of diazo groups is 1. The second-order valence-corrected chi connectivity index (χ2v) is 4.14. The fraction of sp³-hybridized carbons (Fsp3) is 0.222. The topological polar surface area (TPSA) is 54.5 Å². The van der Waals surface area contributed by atoms with Crippen LogP contribution in [0.4, 0.5) is 23.0 Å². The van der Waals surface area contributed by atoms with Gasteiger partial charge in [0.25, 0.3) is 0 Å². The molecule has 0 saturated carbocycles. The largest absolute Gasteiger partial charge is 0.673 e. The van der Waals surface area contributed by atoms with Crippen LogP contribution in [0.3, 0.4) is 0 Å². The lowest BCUT2D eigenvalue weighted by molar-refractivity contribution is 0.0526. The van der Waals surface area contributed by atoms with E-state index in [2.05, 4.69) is 4.98 Å². The molecule has 0 N–H and O–H groups in total. The van der Waals surface area contributed by atoms with Crippen molar-refractivity contribution in [3.8, 4) is 0 Å². The minimum atomic E-state index is -6.00. The van der Waals surface area contributed by atoms with Gasteiger partial charge < -0.3 is 22.0 Å². The summed E-state index contributed by atoms with van der Waals surface area (Å²) in [6.45, 7) is 2.10. The lowest BCUT2D eigenvalue weighted by atomic mass is 10.2. The maximum Gasteiger partial charge on any atom is 0.673 e. The van der Waals surface area contributed by atoms with E-state index in [4.69, 9.17) is 10.1 Å². The van der Waals surface area contributed by atoms with Gasteiger partial charge in [0.2, 0.25) is 5.39 Å². The normalized spacial score (nSPS) is 9.95. The molecular formula is C9H8BF4IN2O2. The number of ether oxygens (including phenoxy) is 1. The summed E-state index contributed by atoms with van der Waals surface area (Å²) in [4.78, 5) is 14.3. The van der Waals surface area contributed by atoms with Crippen LogP contribution in [0.2, 0.25) is 0 Å². The number of carbonyl (C=O) groups excluding carboxylic acids is 1. The molecule has 0 spiro atoms. The van der Waals surface area contributed by atoms with Crippen LogP contribution in [0.5, 0.6) is 0 Å². The van der Waals surface area contributed by atoms with E-state index in [0.29, 0.717) is 21.4 Å². The minimum Gasteiger partial charge on any atom is -0.462 e. The van der Waals surface area contributed by atoms with Gasteiger partial charge in [0.1, 0.15) is 3.57 Å². The predicted molar refractivity (Wildman–Crippen MR) is 70.0 cm³/mol. The van der Waals surface area contributed by atoms with Gasteiger partial charge in [-0.1, -0.05) is 0 Å². The molecule has 0 bridgehead atoms. The molecule has 4 nitrogen and oxygen atoms in total. The van der Waals surface area contributed by atoms with Gasteiger partial charge in [-0.2, -0.15) is 0 Å². The summed E-state index contributed by atoms with van der Waals surface area (Å²) in [6, 6.07) is 4.75. The highest BCUT2D eigenvalue weighted by Gasteiger charge is 2.20. The van der Waals surface area contributed by atoms with Crippen LogP contribution in [-0.2, 0) is 4.74 Å². The highest BCUT2D eigenvalue weighted by Crippen LogP contribution is 2.22. The number of halogens is 5. The van der Waals surface area contributed by atoms with Crippen molar-refractivity contribution in [2.45, 2.75) is 6.92 Å². The number of esters is 1. The van der Waals surface area contributed by atoms with Crippen molar-refractivity contribution in [3.05, 3.63) is 32.3 Å². The molecule has 0 saturated heterocycles. The van der Waals surface area contributed by atoms with Crippen molar-refractivity contribution in [2.75, 3.05) is 6.61 Å². The fourth-order valence-electron chi connectivity index (χ4n) is 0.929. The molecule has 10 heteroatoms.